The van der Waals surface area contributed by atoms with Gasteiger partial charge in [-0.2, -0.15) is 0 Å². The van der Waals surface area contributed by atoms with Gasteiger partial charge in [-0.25, -0.2) is 0 Å². The fraction of sp³-hybridized carbons (Fsp3) is 0.333. The molecule has 0 unspecified atom stereocenters. The summed E-state index contributed by atoms with van der Waals surface area (Å²) in [6.07, 6.45) is 9.56. The van der Waals surface area contributed by atoms with Gasteiger partial charge in [0.2, 0.25) is 0 Å². The summed E-state index contributed by atoms with van der Waals surface area (Å²) in [5, 5.41) is 9.44. The van der Waals surface area contributed by atoms with E-state index in [1.807, 2.05) is 12.1 Å². The third kappa shape index (κ3) is 4.08. The second-order valence-corrected chi connectivity index (χ2v) is 7.52. The van der Waals surface area contributed by atoms with Crippen LogP contribution in [0.5, 0.6) is 5.75 Å². The molecule has 0 saturated heterocycles. The Kier molecular flexibility index (Phi) is 5.21. The van der Waals surface area contributed by atoms with Crippen molar-refractivity contribution in [3.8, 4) is 5.75 Å². The molecular weight excluding hydrogens is 318 g/mol. The zero-order chi connectivity index (χ0) is 17.8. The summed E-state index contributed by atoms with van der Waals surface area (Å²) in [5.74, 6) is 1.11. The van der Waals surface area contributed by atoms with Crippen molar-refractivity contribution in [2.75, 3.05) is 19.6 Å². The predicted octanol–water partition coefficient (Wildman–Crippen LogP) is 5.37. The van der Waals surface area contributed by atoms with E-state index in [0.29, 0.717) is 5.75 Å². The van der Waals surface area contributed by atoms with Gasteiger partial charge < -0.3 is 5.11 Å². The zero-order valence-corrected chi connectivity index (χ0v) is 15.3. The molecule has 26 heavy (non-hydrogen) atoms. The van der Waals surface area contributed by atoms with Gasteiger partial charge in [0.15, 0.2) is 0 Å². The predicted molar refractivity (Wildman–Crippen MR) is 109 cm³/mol. The Morgan fingerprint density at radius 2 is 1.58 bits per heavy atom. The van der Waals surface area contributed by atoms with Gasteiger partial charge in [0.1, 0.15) is 5.75 Å². The highest BCUT2D eigenvalue weighted by Gasteiger charge is 2.20. The van der Waals surface area contributed by atoms with Crippen molar-refractivity contribution >= 4 is 11.1 Å². The highest BCUT2D eigenvalue weighted by Crippen LogP contribution is 2.32. The van der Waals surface area contributed by atoms with Crippen LogP contribution in [0, 0.1) is 5.92 Å². The lowest BCUT2D eigenvalue weighted by atomic mass is 9.86. The van der Waals surface area contributed by atoms with Crippen LogP contribution in [0.3, 0.4) is 0 Å². The van der Waals surface area contributed by atoms with Crippen LogP contribution in [-0.4, -0.2) is 29.6 Å². The summed E-state index contributed by atoms with van der Waals surface area (Å²) in [6.45, 7) is 3.46. The average Bonchev–Trinajstić information content (AvgIpc) is 2.71. The molecule has 0 amide bonds. The number of phenols is 1. The molecule has 1 aliphatic carbocycles. The Balaban J connectivity index is 1.31. The van der Waals surface area contributed by atoms with Gasteiger partial charge in [-0.1, -0.05) is 54.6 Å². The van der Waals surface area contributed by atoms with Crippen molar-refractivity contribution in [2.45, 2.75) is 25.7 Å². The number of rotatable bonds is 4. The normalized spacial score (nSPS) is 21.2. The Bertz CT molecular complexity index is 789. The second-order valence-electron chi connectivity index (χ2n) is 7.52. The molecule has 2 aliphatic rings. The van der Waals surface area contributed by atoms with Crippen molar-refractivity contribution in [3.05, 3.63) is 77.9 Å². The molecule has 1 atom stereocenters. The van der Waals surface area contributed by atoms with Crippen molar-refractivity contribution in [1.29, 1.82) is 0 Å². The third-order valence-corrected chi connectivity index (χ3v) is 5.71. The highest BCUT2D eigenvalue weighted by atomic mass is 16.3. The Hall–Kier alpha value is -2.32. The van der Waals surface area contributed by atoms with Crippen LogP contribution in [0.25, 0.3) is 11.1 Å². The summed E-state index contributed by atoms with van der Waals surface area (Å²) in [5.41, 5.74) is 5.58. The van der Waals surface area contributed by atoms with Crippen LogP contribution in [0.15, 0.2) is 66.7 Å². The summed E-state index contributed by atoms with van der Waals surface area (Å²) in [7, 11) is 0. The first-order chi connectivity index (χ1) is 12.8. The van der Waals surface area contributed by atoms with Gasteiger partial charge >= 0.3 is 0 Å². The summed E-state index contributed by atoms with van der Waals surface area (Å²) in [6, 6.07) is 18.4. The molecule has 1 N–H and O–H groups in total. The van der Waals surface area contributed by atoms with E-state index in [1.165, 1.54) is 48.2 Å². The number of hydrogen-bond donors (Lipinski definition) is 1. The minimum atomic E-state index is 0.344. The average molecular weight is 345 g/mol. The summed E-state index contributed by atoms with van der Waals surface area (Å²) in [4.78, 5) is 2.61. The molecule has 4 rings (SSSR count). The molecule has 0 radical (unpaired) electrons. The molecule has 1 heterocycles. The SMILES string of the molecule is Oc1ccc(C2=CC[C@@H](CN3CC=C(c4ccccc4)CC3)CC2)cc1. The van der Waals surface area contributed by atoms with Crippen molar-refractivity contribution in [1.82, 2.24) is 4.90 Å². The molecule has 0 fully saturated rings. The van der Waals surface area contributed by atoms with Gasteiger partial charge in [-0.05, 0) is 66.0 Å². The number of nitrogens with zero attached hydrogens (tertiary/aromatic N) is 1. The zero-order valence-electron chi connectivity index (χ0n) is 15.3. The maximum absolute atomic E-state index is 9.44. The molecular formula is C24H27NO. The lowest BCUT2D eigenvalue weighted by Crippen LogP contribution is -2.33. The van der Waals surface area contributed by atoms with E-state index >= 15 is 0 Å². The van der Waals surface area contributed by atoms with Crippen LogP contribution < -0.4 is 0 Å². The molecule has 1 aliphatic heterocycles. The second kappa shape index (κ2) is 7.92. The monoisotopic (exact) mass is 345 g/mol. The van der Waals surface area contributed by atoms with E-state index in [2.05, 4.69) is 47.4 Å². The summed E-state index contributed by atoms with van der Waals surface area (Å²) < 4.78 is 0. The van der Waals surface area contributed by atoms with E-state index in [9.17, 15) is 5.11 Å². The van der Waals surface area contributed by atoms with Crippen LogP contribution in [0.4, 0.5) is 0 Å². The quantitative estimate of drug-likeness (QED) is 0.806. The first kappa shape index (κ1) is 17.1. The number of allylic oxidation sites excluding steroid dienone is 2. The number of benzene rings is 2. The van der Waals surface area contributed by atoms with Gasteiger partial charge in [-0.15, -0.1) is 0 Å². The van der Waals surface area contributed by atoms with E-state index in [4.69, 9.17) is 0 Å². The lowest BCUT2D eigenvalue weighted by Gasteiger charge is -2.31. The minimum Gasteiger partial charge on any atom is -0.508 e. The topological polar surface area (TPSA) is 23.5 Å². The molecule has 0 spiro atoms. The van der Waals surface area contributed by atoms with Gasteiger partial charge in [0.25, 0.3) is 0 Å². The van der Waals surface area contributed by atoms with Crippen LogP contribution in [0.2, 0.25) is 0 Å². The number of aromatic hydroxyl groups is 1. The van der Waals surface area contributed by atoms with Crippen molar-refractivity contribution < 1.29 is 5.11 Å². The Morgan fingerprint density at radius 3 is 2.23 bits per heavy atom. The standard InChI is InChI=1S/C24H27NO/c26-24-12-10-22(11-13-24)21-8-6-19(7-9-21)18-25-16-14-23(15-17-25)20-4-2-1-3-5-20/h1-5,8,10-14,19,26H,6-7,9,15-18H2/t19-/m1/s1. The fourth-order valence-corrected chi connectivity index (χ4v) is 4.15. The van der Waals surface area contributed by atoms with E-state index in [0.717, 1.165) is 25.3 Å². The molecule has 2 heteroatoms. The highest BCUT2D eigenvalue weighted by molar-refractivity contribution is 5.67. The van der Waals surface area contributed by atoms with Gasteiger partial charge in [0.05, 0.1) is 0 Å². The fourth-order valence-electron chi connectivity index (χ4n) is 4.15. The van der Waals surface area contributed by atoms with Crippen molar-refractivity contribution in [2.24, 2.45) is 5.92 Å². The van der Waals surface area contributed by atoms with Crippen LogP contribution in [-0.2, 0) is 0 Å². The van der Waals surface area contributed by atoms with Crippen molar-refractivity contribution in [3.63, 3.8) is 0 Å². The molecule has 2 aromatic carbocycles. The smallest absolute Gasteiger partial charge is 0.115 e. The lowest BCUT2D eigenvalue weighted by molar-refractivity contribution is 0.243. The van der Waals surface area contributed by atoms with Gasteiger partial charge in [0, 0.05) is 19.6 Å². The maximum atomic E-state index is 9.44. The number of hydrogen-bond acceptors (Lipinski definition) is 2. The molecule has 2 aromatic rings. The first-order valence-corrected chi connectivity index (χ1v) is 9.73. The molecule has 0 saturated carbocycles. The maximum Gasteiger partial charge on any atom is 0.115 e. The van der Waals surface area contributed by atoms with E-state index in [-0.39, 0.29) is 0 Å². The molecule has 0 aromatic heterocycles. The van der Waals surface area contributed by atoms with E-state index < -0.39 is 0 Å². The Labute approximate surface area is 156 Å². The third-order valence-electron chi connectivity index (χ3n) is 5.71. The Morgan fingerprint density at radius 1 is 0.846 bits per heavy atom. The molecule has 134 valence electrons. The van der Waals surface area contributed by atoms with E-state index in [1.54, 1.807) is 12.1 Å². The largest absolute Gasteiger partial charge is 0.508 e. The molecule has 0 bridgehead atoms. The molecule has 2 nitrogen and oxygen atoms in total. The van der Waals surface area contributed by atoms with Crippen LogP contribution in [0.1, 0.15) is 36.8 Å². The summed E-state index contributed by atoms with van der Waals surface area (Å²) >= 11 is 0. The van der Waals surface area contributed by atoms with Gasteiger partial charge in [-0.3, -0.25) is 4.90 Å². The van der Waals surface area contributed by atoms with Crippen LogP contribution >= 0.6 is 0 Å². The minimum absolute atomic E-state index is 0.344. The first-order valence-electron chi connectivity index (χ1n) is 9.73. The number of phenolic OH excluding ortho intramolecular Hbond substituents is 1.